The van der Waals surface area contributed by atoms with Gasteiger partial charge in [-0.2, -0.15) is 4.31 Å². The average Bonchev–Trinajstić information content (AvgIpc) is 2.93. The third-order valence-corrected chi connectivity index (χ3v) is 7.17. The molecule has 0 radical (unpaired) electrons. The summed E-state index contributed by atoms with van der Waals surface area (Å²) >= 11 is 0. The summed E-state index contributed by atoms with van der Waals surface area (Å²) in [6.45, 7) is 0.446. The minimum absolute atomic E-state index is 0.190. The van der Waals surface area contributed by atoms with E-state index in [4.69, 9.17) is 10.3 Å². The van der Waals surface area contributed by atoms with E-state index in [0.717, 1.165) is 16.5 Å². The molecule has 0 saturated heterocycles. The monoisotopic (exact) mass is 408 g/mol. The lowest BCUT2D eigenvalue weighted by Gasteiger charge is -2.21. The standard InChI is InChI=1S/C21H20N4O3S/c1-28-17-9-10-18-16(13-17)14-25(12-11-20(18)23-24-22)29(26,27)21-8-4-6-15-5-2-3-7-19(15)21/h2-10,13,20H,11-12,14H2,1H3. The van der Waals surface area contributed by atoms with Crippen molar-refractivity contribution in [2.75, 3.05) is 13.7 Å². The Morgan fingerprint density at radius 1 is 1.14 bits per heavy atom. The number of methoxy groups -OCH3 is 1. The van der Waals surface area contributed by atoms with Gasteiger partial charge in [0.25, 0.3) is 0 Å². The molecule has 0 bridgehead atoms. The van der Waals surface area contributed by atoms with E-state index in [0.29, 0.717) is 17.6 Å². The highest BCUT2D eigenvalue weighted by atomic mass is 32.2. The van der Waals surface area contributed by atoms with Crippen LogP contribution in [0, 0.1) is 0 Å². The largest absolute Gasteiger partial charge is 0.497 e. The molecule has 1 aliphatic rings. The Morgan fingerprint density at radius 2 is 1.93 bits per heavy atom. The van der Waals surface area contributed by atoms with Crippen molar-refractivity contribution < 1.29 is 13.2 Å². The van der Waals surface area contributed by atoms with Crippen molar-refractivity contribution in [3.05, 3.63) is 82.2 Å². The zero-order valence-corrected chi connectivity index (χ0v) is 16.7. The van der Waals surface area contributed by atoms with Crippen molar-refractivity contribution >= 4 is 20.8 Å². The Labute approximate surface area is 169 Å². The summed E-state index contributed by atoms with van der Waals surface area (Å²) in [6.07, 6.45) is 0.410. The van der Waals surface area contributed by atoms with Gasteiger partial charge in [-0.05, 0) is 46.7 Å². The van der Waals surface area contributed by atoms with Crippen molar-refractivity contribution in [1.82, 2.24) is 4.31 Å². The van der Waals surface area contributed by atoms with Crippen LogP contribution >= 0.6 is 0 Å². The van der Waals surface area contributed by atoms with E-state index in [9.17, 15) is 8.42 Å². The maximum Gasteiger partial charge on any atom is 0.243 e. The van der Waals surface area contributed by atoms with E-state index < -0.39 is 16.1 Å². The van der Waals surface area contributed by atoms with E-state index in [-0.39, 0.29) is 18.0 Å². The van der Waals surface area contributed by atoms with Gasteiger partial charge in [0, 0.05) is 23.4 Å². The molecule has 1 unspecified atom stereocenters. The van der Waals surface area contributed by atoms with Gasteiger partial charge in [-0.3, -0.25) is 0 Å². The summed E-state index contributed by atoms with van der Waals surface area (Å²) in [7, 11) is -2.19. The second-order valence-corrected chi connectivity index (χ2v) is 8.80. The summed E-state index contributed by atoms with van der Waals surface area (Å²) in [5.74, 6) is 0.632. The molecule has 0 aliphatic carbocycles. The van der Waals surface area contributed by atoms with Crippen molar-refractivity contribution in [1.29, 1.82) is 0 Å². The van der Waals surface area contributed by atoms with Crippen LogP contribution in [0.3, 0.4) is 0 Å². The van der Waals surface area contributed by atoms with Crippen LogP contribution in [0.2, 0.25) is 0 Å². The molecule has 148 valence electrons. The van der Waals surface area contributed by atoms with Crippen LogP contribution in [0.25, 0.3) is 21.2 Å². The number of hydrogen-bond donors (Lipinski definition) is 0. The first-order valence-corrected chi connectivity index (χ1v) is 10.7. The molecule has 0 N–H and O–H groups in total. The Hall–Kier alpha value is -3.06. The maximum absolute atomic E-state index is 13.6. The lowest BCUT2D eigenvalue weighted by Crippen LogP contribution is -2.31. The van der Waals surface area contributed by atoms with E-state index in [1.807, 2.05) is 42.5 Å². The van der Waals surface area contributed by atoms with Gasteiger partial charge in [0.05, 0.1) is 18.0 Å². The minimum atomic E-state index is -3.75. The molecule has 1 heterocycles. The molecule has 8 heteroatoms. The lowest BCUT2D eigenvalue weighted by atomic mass is 10.00. The van der Waals surface area contributed by atoms with Crippen molar-refractivity contribution in [3.63, 3.8) is 0 Å². The van der Waals surface area contributed by atoms with Crippen LogP contribution in [0.1, 0.15) is 23.6 Å². The summed E-state index contributed by atoms with van der Waals surface area (Å²) in [6, 6.07) is 17.8. The van der Waals surface area contributed by atoms with Crippen LogP contribution in [0.5, 0.6) is 5.75 Å². The van der Waals surface area contributed by atoms with Gasteiger partial charge in [0.1, 0.15) is 5.75 Å². The molecule has 1 aliphatic heterocycles. The van der Waals surface area contributed by atoms with Crippen LogP contribution in [0.4, 0.5) is 0 Å². The van der Waals surface area contributed by atoms with Gasteiger partial charge in [-0.25, -0.2) is 8.42 Å². The van der Waals surface area contributed by atoms with Crippen LogP contribution in [-0.4, -0.2) is 26.4 Å². The number of azide groups is 1. The molecule has 0 saturated carbocycles. The van der Waals surface area contributed by atoms with E-state index >= 15 is 0 Å². The summed E-state index contributed by atoms with van der Waals surface area (Å²) < 4.78 is 33.9. The molecular formula is C21H20N4O3S. The van der Waals surface area contributed by atoms with E-state index in [1.54, 1.807) is 25.3 Å². The zero-order chi connectivity index (χ0) is 20.4. The highest BCUT2D eigenvalue weighted by molar-refractivity contribution is 7.89. The summed E-state index contributed by atoms with van der Waals surface area (Å²) in [5.41, 5.74) is 10.6. The van der Waals surface area contributed by atoms with Gasteiger partial charge in [0.2, 0.25) is 10.0 Å². The first-order valence-electron chi connectivity index (χ1n) is 9.23. The fourth-order valence-corrected chi connectivity index (χ4v) is 5.46. The zero-order valence-electron chi connectivity index (χ0n) is 15.9. The third-order valence-electron chi connectivity index (χ3n) is 5.27. The van der Waals surface area contributed by atoms with Gasteiger partial charge < -0.3 is 4.74 Å². The van der Waals surface area contributed by atoms with Crippen molar-refractivity contribution in [3.8, 4) is 5.75 Å². The molecule has 7 nitrogen and oxygen atoms in total. The fourth-order valence-electron chi connectivity index (χ4n) is 3.81. The van der Waals surface area contributed by atoms with E-state index in [2.05, 4.69) is 10.0 Å². The Kier molecular flexibility index (Phi) is 5.15. The fraction of sp³-hybridized carbons (Fsp3) is 0.238. The van der Waals surface area contributed by atoms with Crippen LogP contribution < -0.4 is 4.74 Å². The second kappa shape index (κ2) is 7.75. The smallest absolute Gasteiger partial charge is 0.243 e. The predicted molar refractivity (Wildman–Crippen MR) is 111 cm³/mol. The first kappa shape index (κ1) is 19.3. The van der Waals surface area contributed by atoms with Gasteiger partial charge >= 0.3 is 0 Å². The maximum atomic E-state index is 13.6. The number of ether oxygens (including phenoxy) is 1. The van der Waals surface area contributed by atoms with Crippen LogP contribution in [0.15, 0.2) is 70.7 Å². The van der Waals surface area contributed by atoms with E-state index in [1.165, 1.54) is 4.31 Å². The Bertz CT molecular complexity index is 1210. The first-order chi connectivity index (χ1) is 14.0. The summed E-state index contributed by atoms with van der Waals surface area (Å²) in [5, 5.41) is 5.46. The number of rotatable bonds is 4. The molecule has 4 rings (SSSR count). The van der Waals surface area contributed by atoms with Gasteiger partial charge in [-0.1, -0.05) is 47.6 Å². The molecule has 29 heavy (non-hydrogen) atoms. The molecule has 1 atom stereocenters. The molecule has 3 aromatic rings. The molecule has 0 fully saturated rings. The highest BCUT2D eigenvalue weighted by Crippen LogP contribution is 2.35. The quantitative estimate of drug-likeness (QED) is 0.353. The predicted octanol–water partition coefficient (Wildman–Crippen LogP) is 4.79. The van der Waals surface area contributed by atoms with Crippen molar-refractivity contribution in [2.45, 2.75) is 23.9 Å². The van der Waals surface area contributed by atoms with Crippen molar-refractivity contribution in [2.24, 2.45) is 5.11 Å². The molecule has 3 aromatic carbocycles. The molecule has 0 spiro atoms. The number of sulfonamides is 1. The molecule has 0 aromatic heterocycles. The Morgan fingerprint density at radius 3 is 2.72 bits per heavy atom. The number of benzene rings is 3. The molecular weight excluding hydrogens is 388 g/mol. The Balaban J connectivity index is 1.81. The summed E-state index contributed by atoms with van der Waals surface area (Å²) in [4.78, 5) is 3.23. The average molecular weight is 408 g/mol. The van der Waals surface area contributed by atoms with Gasteiger partial charge in [0.15, 0.2) is 0 Å². The number of nitrogens with zero attached hydrogens (tertiary/aromatic N) is 4. The topological polar surface area (TPSA) is 95.4 Å². The number of fused-ring (bicyclic) bond motifs is 2. The third kappa shape index (κ3) is 3.53. The SMILES string of the molecule is COc1ccc2c(c1)CN(S(=O)(=O)c1cccc3ccccc13)CCC2N=[N+]=[N-]. The molecule has 0 amide bonds. The highest BCUT2D eigenvalue weighted by Gasteiger charge is 2.31. The lowest BCUT2D eigenvalue weighted by molar-refractivity contribution is 0.398. The minimum Gasteiger partial charge on any atom is -0.497 e. The van der Waals surface area contributed by atoms with Gasteiger partial charge in [-0.15, -0.1) is 0 Å². The second-order valence-electron chi connectivity index (χ2n) is 6.89. The van der Waals surface area contributed by atoms with Crippen LogP contribution in [-0.2, 0) is 16.6 Å². The number of hydrogen-bond acceptors (Lipinski definition) is 4. The normalized spacial score (nSPS) is 17.2.